The summed E-state index contributed by atoms with van der Waals surface area (Å²) >= 11 is 0. The first-order chi connectivity index (χ1) is 11.6. The van der Waals surface area contributed by atoms with Gasteiger partial charge in [-0.3, -0.25) is 4.79 Å². The van der Waals surface area contributed by atoms with Crippen molar-refractivity contribution in [2.45, 2.75) is 76.9 Å². The van der Waals surface area contributed by atoms with Crippen LogP contribution in [-0.4, -0.2) is 27.2 Å². The summed E-state index contributed by atoms with van der Waals surface area (Å²) in [5.74, 6) is 3.36. The Morgan fingerprint density at radius 1 is 1.16 bits per heavy atom. The normalized spacial score (nSPS) is 54.8. The molecule has 3 saturated carbocycles. The summed E-state index contributed by atoms with van der Waals surface area (Å²) in [5, 5.41) is 23.2. The minimum Gasteiger partial charge on any atom is -0.389 e. The number of ketones is 1. The molecule has 4 aliphatic rings. The molecule has 0 radical (unpaired) electrons. The molecule has 25 heavy (non-hydrogen) atoms. The Bertz CT molecular complexity index is 703. The van der Waals surface area contributed by atoms with Crippen molar-refractivity contribution in [3.8, 4) is 12.3 Å². The quantitative estimate of drug-likeness (QED) is 0.665. The molecule has 0 saturated heterocycles. The van der Waals surface area contributed by atoms with Crippen LogP contribution in [0.15, 0.2) is 11.6 Å². The Kier molecular flexibility index (Phi) is 3.45. The van der Waals surface area contributed by atoms with E-state index in [4.69, 9.17) is 6.42 Å². The number of hydrogen-bond donors (Lipinski definition) is 2. The Hall–Kier alpha value is -1.11. The maximum absolute atomic E-state index is 11.9. The van der Waals surface area contributed by atoms with Crippen LogP contribution in [0.2, 0.25) is 0 Å². The maximum Gasteiger partial charge on any atom is 0.155 e. The maximum atomic E-state index is 11.9. The topological polar surface area (TPSA) is 57.5 Å². The second-order valence-corrected chi connectivity index (χ2v) is 9.61. The molecule has 4 rings (SSSR count). The average molecular weight is 342 g/mol. The zero-order valence-electron chi connectivity index (χ0n) is 15.6. The fraction of sp³-hybridized carbons (Fsp3) is 0.773. The molecule has 136 valence electrons. The lowest BCUT2D eigenvalue weighted by Gasteiger charge is -2.63. The minimum atomic E-state index is -1.08. The van der Waals surface area contributed by atoms with Gasteiger partial charge in [0, 0.05) is 17.3 Å². The Labute approximate surface area is 150 Å². The Morgan fingerprint density at radius 2 is 1.88 bits per heavy atom. The number of carbonyl (C=O) groups excluding carboxylic acids is 1. The van der Waals surface area contributed by atoms with Gasteiger partial charge in [0.15, 0.2) is 5.78 Å². The van der Waals surface area contributed by atoms with Crippen LogP contribution in [0.4, 0.5) is 0 Å². The van der Waals surface area contributed by atoms with Gasteiger partial charge in [-0.05, 0) is 62.4 Å². The number of terminal acetylenes is 1. The van der Waals surface area contributed by atoms with Gasteiger partial charge in [0.1, 0.15) is 5.60 Å². The highest BCUT2D eigenvalue weighted by molar-refractivity contribution is 5.91. The zero-order chi connectivity index (χ0) is 18.3. The van der Waals surface area contributed by atoms with Crippen molar-refractivity contribution in [3.63, 3.8) is 0 Å². The summed E-state index contributed by atoms with van der Waals surface area (Å²) in [6, 6.07) is 0. The molecule has 0 aliphatic heterocycles. The van der Waals surface area contributed by atoms with Crippen LogP contribution in [0.3, 0.4) is 0 Å². The molecule has 0 bridgehead atoms. The molecule has 0 spiro atoms. The van der Waals surface area contributed by atoms with Crippen LogP contribution in [0.1, 0.15) is 65.7 Å². The summed E-state index contributed by atoms with van der Waals surface area (Å²) in [6.07, 6.45) is 12.9. The van der Waals surface area contributed by atoms with E-state index in [2.05, 4.69) is 26.7 Å². The average Bonchev–Trinajstić information content (AvgIpc) is 2.78. The molecule has 3 heteroatoms. The summed E-state index contributed by atoms with van der Waals surface area (Å²) in [6.45, 7) is 6.35. The minimum absolute atomic E-state index is 0.0486. The molecule has 0 heterocycles. The van der Waals surface area contributed by atoms with Crippen LogP contribution < -0.4 is 0 Å². The molecule has 2 N–H and O–H groups in total. The molecular formula is C22H30O3. The Morgan fingerprint density at radius 3 is 2.56 bits per heavy atom. The molecule has 0 amide bonds. The molecule has 7 atom stereocenters. The molecule has 3 nitrogen and oxygen atoms in total. The van der Waals surface area contributed by atoms with Crippen LogP contribution in [0.5, 0.6) is 0 Å². The molecule has 0 aromatic heterocycles. The first-order valence-corrected chi connectivity index (χ1v) is 9.79. The van der Waals surface area contributed by atoms with Gasteiger partial charge in [0.2, 0.25) is 0 Å². The lowest BCUT2D eigenvalue weighted by atomic mass is 9.44. The van der Waals surface area contributed by atoms with E-state index in [9.17, 15) is 15.0 Å². The summed E-state index contributed by atoms with van der Waals surface area (Å²) in [7, 11) is 0. The van der Waals surface area contributed by atoms with Gasteiger partial charge < -0.3 is 10.2 Å². The van der Waals surface area contributed by atoms with Gasteiger partial charge in [-0.15, -0.1) is 6.42 Å². The van der Waals surface area contributed by atoms with E-state index < -0.39 is 11.2 Å². The van der Waals surface area contributed by atoms with Crippen molar-refractivity contribution < 1.29 is 15.0 Å². The molecule has 2 unspecified atom stereocenters. The molecule has 3 fully saturated rings. The predicted molar refractivity (Wildman–Crippen MR) is 96.5 cm³/mol. The first-order valence-electron chi connectivity index (χ1n) is 9.79. The highest BCUT2D eigenvalue weighted by Gasteiger charge is 2.70. The van der Waals surface area contributed by atoms with Crippen molar-refractivity contribution in [1.29, 1.82) is 0 Å². The van der Waals surface area contributed by atoms with Crippen LogP contribution in [0.25, 0.3) is 0 Å². The number of rotatable bonds is 0. The molecule has 0 aromatic rings. The van der Waals surface area contributed by atoms with Gasteiger partial charge in [0.25, 0.3) is 0 Å². The third-order valence-corrected chi connectivity index (χ3v) is 8.95. The third kappa shape index (κ3) is 1.83. The van der Waals surface area contributed by atoms with Crippen molar-refractivity contribution in [2.75, 3.05) is 0 Å². The third-order valence-electron chi connectivity index (χ3n) is 8.95. The fourth-order valence-corrected chi connectivity index (χ4v) is 7.16. The second kappa shape index (κ2) is 4.99. The van der Waals surface area contributed by atoms with Crippen molar-refractivity contribution in [2.24, 2.45) is 28.6 Å². The van der Waals surface area contributed by atoms with Crippen molar-refractivity contribution >= 4 is 5.78 Å². The van der Waals surface area contributed by atoms with Crippen LogP contribution >= 0.6 is 0 Å². The lowest BCUT2D eigenvalue weighted by Crippen LogP contribution is -2.64. The van der Waals surface area contributed by atoms with Gasteiger partial charge in [-0.2, -0.15) is 0 Å². The fourth-order valence-electron chi connectivity index (χ4n) is 7.16. The van der Waals surface area contributed by atoms with Crippen molar-refractivity contribution in [3.05, 3.63) is 11.6 Å². The molecule has 0 aromatic carbocycles. The van der Waals surface area contributed by atoms with Gasteiger partial charge in [-0.25, -0.2) is 0 Å². The zero-order valence-corrected chi connectivity index (χ0v) is 15.6. The predicted octanol–water partition coefficient (Wildman–Crippen LogP) is 3.24. The van der Waals surface area contributed by atoms with Gasteiger partial charge in [-0.1, -0.05) is 32.3 Å². The van der Waals surface area contributed by atoms with Gasteiger partial charge >= 0.3 is 0 Å². The number of aliphatic hydroxyl groups is 2. The Balaban J connectivity index is 1.79. The second-order valence-electron chi connectivity index (χ2n) is 9.61. The van der Waals surface area contributed by atoms with Crippen LogP contribution in [-0.2, 0) is 4.79 Å². The highest BCUT2D eigenvalue weighted by atomic mass is 16.3. The number of carbonyl (C=O) groups is 1. The molecule has 4 aliphatic carbocycles. The van der Waals surface area contributed by atoms with E-state index in [0.29, 0.717) is 12.8 Å². The van der Waals surface area contributed by atoms with Crippen molar-refractivity contribution in [1.82, 2.24) is 0 Å². The first kappa shape index (κ1) is 17.3. The summed E-state index contributed by atoms with van der Waals surface area (Å²) < 4.78 is 0. The summed E-state index contributed by atoms with van der Waals surface area (Å²) in [4.78, 5) is 11.9. The van der Waals surface area contributed by atoms with E-state index >= 15 is 0 Å². The lowest BCUT2D eigenvalue weighted by molar-refractivity contribution is -0.203. The summed E-state index contributed by atoms with van der Waals surface area (Å²) in [5.41, 5.74) is -1.38. The van der Waals surface area contributed by atoms with E-state index in [1.165, 1.54) is 0 Å². The smallest absolute Gasteiger partial charge is 0.155 e. The SMILES string of the molecule is C#CC1(O)C(C)C[C@H]2[C@@H]3CCC4=CC(=O)CC[C@]4(C)[C@]3(O)CC[C@@]21C. The monoisotopic (exact) mass is 342 g/mol. The van der Waals surface area contributed by atoms with E-state index in [0.717, 1.165) is 37.7 Å². The number of hydrogen-bond acceptors (Lipinski definition) is 3. The highest BCUT2D eigenvalue weighted by Crippen LogP contribution is 2.69. The van der Waals surface area contributed by atoms with Gasteiger partial charge in [0.05, 0.1) is 5.60 Å². The van der Waals surface area contributed by atoms with E-state index in [1.807, 2.05) is 0 Å². The van der Waals surface area contributed by atoms with Crippen LogP contribution in [0, 0.1) is 40.9 Å². The van der Waals surface area contributed by atoms with E-state index in [-0.39, 0.29) is 34.4 Å². The standard InChI is InChI=1S/C22H30O3/c1-5-21(24)14(2)12-18-17-7-6-15-13-16(23)8-9-19(15,3)22(17,25)11-10-20(18,21)4/h1,13-14,17-18,24-25H,6-12H2,2-4H3/t14?,17-,18-,19-,20-,21?,22-/m0/s1. The largest absolute Gasteiger partial charge is 0.389 e. The number of fused-ring (bicyclic) bond motifs is 5. The molecular weight excluding hydrogens is 312 g/mol. The van der Waals surface area contributed by atoms with E-state index in [1.54, 1.807) is 6.08 Å².